The molecule has 0 radical (unpaired) electrons. The second kappa shape index (κ2) is 6.57. The number of pyridine rings is 1. The summed E-state index contributed by atoms with van der Waals surface area (Å²) < 4.78 is 0. The number of rotatable bonds is 6. The zero-order valence-corrected chi connectivity index (χ0v) is 10.0. The van der Waals surface area contributed by atoms with Crippen molar-refractivity contribution in [2.45, 2.75) is 39.7 Å². The molecule has 0 aliphatic heterocycles. The summed E-state index contributed by atoms with van der Waals surface area (Å²) in [4.78, 5) is 4.07. The second-order valence-corrected chi connectivity index (χ2v) is 4.08. The summed E-state index contributed by atoms with van der Waals surface area (Å²) in [7, 11) is 0. The zero-order chi connectivity index (χ0) is 11.1. The van der Waals surface area contributed by atoms with Gasteiger partial charge in [-0.1, -0.05) is 27.2 Å². The molecule has 15 heavy (non-hydrogen) atoms. The Hall–Kier alpha value is -0.890. The van der Waals surface area contributed by atoms with Gasteiger partial charge in [-0.05, 0) is 36.6 Å². The highest BCUT2D eigenvalue weighted by molar-refractivity contribution is 5.15. The van der Waals surface area contributed by atoms with Gasteiger partial charge in [-0.15, -0.1) is 0 Å². The van der Waals surface area contributed by atoms with E-state index in [0.717, 1.165) is 6.54 Å². The monoisotopic (exact) mass is 206 g/mol. The van der Waals surface area contributed by atoms with Gasteiger partial charge in [0.15, 0.2) is 0 Å². The van der Waals surface area contributed by atoms with Crippen LogP contribution in [-0.4, -0.2) is 11.5 Å². The van der Waals surface area contributed by atoms with Gasteiger partial charge < -0.3 is 5.32 Å². The molecule has 0 amide bonds. The lowest BCUT2D eigenvalue weighted by atomic mass is 9.91. The van der Waals surface area contributed by atoms with E-state index in [1.165, 1.54) is 18.4 Å². The van der Waals surface area contributed by atoms with E-state index in [2.05, 4.69) is 43.2 Å². The van der Waals surface area contributed by atoms with Gasteiger partial charge in [0.1, 0.15) is 0 Å². The minimum atomic E-state index is 0.470. The molecule has 1 aromatic heterocycles. The van der Waals surface area contributed by atoms with Crippen LogP contribution >= 0.6 is 0 Å². The molecule has 0 fully saturated rings. The predicted octanol–water partition coefficient (Wildman–Crippen LogP) is 3.17. The van der Waals surface area contributed by atoms with Gasteiger partial charge in [-0.3, -0.25) is 4.98 Å². The molecule has 0 saturated heterocycles. The van der Waals surface area contributed by atoms with Crippen molar-refractivity contribution >= 4 is 0 Å². The van der Waals surface area contributed by atoms with Gasteiger partial charge in [0, 0.05) is 18.4 Å². The predicted molar refractivity (Wildman–Crippen MR) is 64.7 cm³/mol. The fourth-order valence-corrected chi connectivity index (χ4v) is 2.06. The van der Waals surface area contributed by atoms with Crippen LogP contribution in [0.15, 0.2) is 24.5 Å². The molecule has 1 heterocycles. The van der Waals surface area contributed by atoms with Crippen molar-refractivity contribution in [1.82, 2.24) is 10.3 Å². The van der Waals surface area contributed by atoms with Crippen LogP contribution in [0.2, 0.25) is 0 Å². The maximum absolute atomic E-state index is 4.07. The fourth-order valence-electron chi connectivity index (χ4n) is 2.06. The number of aromatic nitrogens is 1. The molecule has 1 aromatic rings. The summed E-state index contributed by atoms with van der Waals surface area (Å²) in [5.41, 5.74) is 1.35. The van der Waals surface area contributed by atoms with Crippen molar-refractivity contribution in [2.24, 2.45) is 5.92 Å². The van der Waals surface area contributed by atoms with Crippen LogP contribution in [0.5, 0.6) is 0 Å². The lowest BCUT2D eigenvalue weighted by molar-refractivity contribution is 0.369. The first-order chi connectivity index (χ1) is 7.29. The molecule has 2 heteroatoms. The third kappa shape index (κ3) is 3.63. The van der Waals surface area contributed by atoms with Crippen molar-refractivity contribution in [3.8, 4) is 0 Å². The van der Waals surface area contributed by atoms with Crippen LogP contribution in [0.3, 0.4) is 0 Å². The average molecular weight is 206 g/mol. The molecule has 2 unspecified atom stereocenters. The van der Waals surface area contributed by atoms with Crippen molar-refractivity contribution in [2.75, 3.05) is 6.54 Å². The maximum atomic E-state index is 4.07. The fraction of sp³-hybridized carbons (Fsp3) is 0.615. The van der Waals surface area contributed by atoms with Crippen molar-refractivity contribution in [3.63, 3.8) is 0 Å². The first kappa shape index (κ1) is 12.2. The minimum Gasteiger partial charge on any atom is -0.310 e. The van der Waals surface area contributed by atoms with E-state index in [9.17, 15) is 0 Å². The van der Waals surface area contributed by atoms with E-state index >= 15 is 0 Å². The Morgan fingerprint density at radius 2 is 1.93 bits per heavy atom. The van der Waals surface area contributed by atoms with Crippen LogP contribution in [-0.2, 0) is 0 Å². The molecule has 84 valence electrons. The SMILES string of the molecule is CCCC(C)C(NCC)c1ccncc1. The average Bonchev–Trinajstić information content (AvgIpc) is 2.27. The highest BCUT2D eigenvalue weighted by Crippen LogP contribution is 2.24. The molecule has 0 saturated carbocycles. The van der Waals surface area contributed by atoms with E-state index in [-0.39, 0.29) is 0 Å². The molecule has 0 aliphatic carbocycles. The molecule has 2 atom stereocenters. The number of hydrogen-bond donors (Lipinski definition) is 1. The van der Waals surface area contributed by atoms with E-state index < -0.39 is 0 Å². The summed E-state index contributed by atoms with van der Waals surface area (Å²) in [5, 5.41) is 3.56. The van der Waals surface area contributed by atoms with E-state index in [1.807, 2.05) is 12.4 Å². The van der Waals surface area contributed by atoms with E-state index in [1.54, 1.807) is 0 Å². The summed E-state index contributed by atoms with van der Waals surface area (Å²) in [5.74, 6) is 0.678. The van der Waals surface area contributed by atoms with Gasteiger partial charge in [0.25, 0.3) is 0 Å². The topological polar surface area (TPSA) is 24.9 Å². The first-order valence-electron chi connectivity index (χ1n) is 5.92. The Bertz CT molecular complexity index is 258. The summed E-state index contributed by atoms with van der Waals surface area (Å²) >= 11 is 0. The molecule has 0 bridgehead atoms. The maximum Gasteiger partial charge on any atom is 0.0347 e. The molecule has 1 rings (SSSR count). The molecule has 0 spiro atoms. The standard InChI is InChI=1S/C13H22N2/c1-4-6-11(3)13(15-5-2)12-7-9-14-10-8-12/h7-11,13,15H,4-6H2,1-3H3. The smallest absolute Gasteiger partial charge is 0.0347 e. The quantitative estimate of drug-likeness (QED) is 0.773. The minimum absolute atomic E-state index is 0.470. The first-order valence-corrected chi connectivity index (χ1v) is 5.92. The van der Waals surface area contributed by atoms with Crippen molar-refractivity contribution in [3.05, 3.63) is 30.1 Å². The van der Waals surface area contributed by atoms with Gasteiger partial charge in [0.2, 0.25) is 0 Å². The Balaban J connectivity index is 2.73. The second-order valence-electron chi connectivity index (χ2n) is 4.08. The van der Waals surface area contributed by atoms with Crippen molar-refractivity contribution in [1.29, 1.82) is 0 Å². The lowest BCUT2D eigenvalue weighted by Crippen LogP contribution is -2.26. The van der Waals surface area contributed by atoms with Crippen LogP contribution in [0.25, 0.3) is 0 Å². The molecular weight excluding hydrogens is 184 g/mol. The molecule has 2 nitrogen and oxygen atoms in total. The normalized spacial score (nSPS) is 14.9. The van der Waals surface area contributed by atoms with Gasteiger partial charge in [-0.25, -0.2) is 0 Å². The zero-order valence-electron chi connectivity index (χ0n) is 10.0. The Morgan fingerprint density at radius 3 is 2.47 bits per heavy atom. The molecular formula is C13H22N2. The summed E-state index contributed by atoms with van der Waals surface area (Å²) in [6.07, 6.45) is 6.25. The summed E-state index contributed by atoms with van der Waals surface area (Å²) in [6.45, 7) is 7.73. The highest BCUT2D eigenvalue weighted by atomic mass is 14.9. The van der Waals surface area contributed by atoms with E-state index in [4.69, 9.17) is 0 Å². The lowest BCUT2D eigenvalue weighted by Gasteiger charge is -2.24. The van der Waals surface area contributed by atoms with Gasteiger partial charge in [-0.2, -0.15) is 0 Å². The van der Waals surface area contributed by atoms with Crippen molar-refractivity contribution < 1.29 is 0 Å². The van der Waals surface area contributed by atoms with Crippen LogP contribution in [0.4, 0.5) is 0 Å². The molecule has 0 aliphatic rings. The Kier molecular flexibility index (Phi) is 5.33. The number of hydrogen-bond acceptors (Lipinski definition) is 2. The van der Waals surface area contributed by atoms with Crippen LogP contribution < -0.4 is 5.32 Å². The Labute approximate surface area is 93.1 Å². The van der Waals surface area contributed by atoms with E-state index in [0.29, 0.717) is 12.0 Å². The van der Waals surface area contributed by atoms with Crippen LogP contribution in [0, 0.1) is 5.92 Å². The third-order valence-corrected chi connectivity index (χ3v) is 2.80. The third-order valence-electron chi connectivity index (χ3n) is 2.80. The largest absolute Gasteiger partial charge is 0.310 e. The van der Waals surface area contributed by atoms with Crippen LogP contribution in [0.1, 0.15) is 45.2 Å². The number of nitrogens with zero attached hydrogens (tertiary/aromatic N) is 1. The van der Waals surface area contributed by atoms with Gasteiger partial charge >= 0.3 is 0 Å². The molecule has 0 aromatic carbocycles. The molecule has 1 N–H and O–H groups in total. The van der Waals surface area contributed by atoms with Gasteiger partial charge in [0.05, 0.1) is 0 Å². The summed E-state index contributed by atoms with van der Waals surface area (Å²) in [6, 6.07) is 4.69. The Morgan fingerprint density at radius 1 is 1.27 bits per heavy atom. The highest BCUT2D eigenvalue weighted by Gasteiger charge is 2.16. The number of nitrogens with one attached hydrogen (secondary N) is 1.